The number of hydrogen-bond acceptors (Lipinski definition) is 2. The number of fused-ring (bicyclic) bond motifs is 1. The standard InChI is InChI=1S/C22H20FNOS/c23-18-9-7-17(8-10-18)22-19-13-15-26-20(19)12-14-24(22)21(25)11-6-16-4-2-1-3-5-16/h1-5,7-10,13,15,22H,6,11-12,14H2. The second-order valence-electron chi connectivity index (χ2n) is 6.58. The number of nitrogens with zero attached hydrogens (tertiary/aromatic N) is 1. The molecule has 2 heterocycles. The summed E-state index contributed by atoms with van der Waals surface area (Å²) in [6.45, 7) is 0.711. The topological polar surface area (TPSA) is 20.3 Å². The molecule has 132 valence electrons. The quantitative estimate of drug-likeness (QED) is 0.637. The van der Waals surface area contributed by atoms with Gasteiger partial charge in [0.1, 0.15) is 5.82 Å². The summed E-state index contributed by atoms with van der Waals surface area (Å²) >= 11 is 1.74. The maximum atomic E-state index is 13.4. The number of amides is 1. The third-order valence-electron chi connectivity index (χ3n) is 4.94. The second-order valence-corrected chi connectivity index (χ2v) is 7.58. The van der Waals surface area contributed by atoms with Gasteiger partial charge in [0.25, 0.3) is 0 Å². The number of carbonyl (C=O) groups excluding carboxylic acids is 1. The molecule has 1 aliphatic heterocycles. The molecule has 1 unspecified atom stereocenters. The van der Waals surface area contributed by atoms with E-state index in [0.717, 1.165) is 18.4 Å². The van der Waals surface area contributed by atoms with Crippen molar-refractivity contribution in [2.45, 2.75) is 25.3 Å². The number of carbonyl (C=O) groups is 1. The normalized spacial score (nSPS) is 16.3. The van der Waals surface area contributed by atoms with Crippen LogP contribution in [-0.2, 0) is 17.6 Å². The predicted molar refractivity (Wildman–Crippen MR) is 103 cm³/mol. The number of hydrogen-bond donors (Lipinski definition) is 0. The fourth-order valence-electron chi connectivity index (χ4n) is 3.63. The zero-order chi connectivity index (χ0) is 17.9. The Labute approximate surface area is 156 Å². The molecule has 1 aliphatic rings. The fourth-order valence-corrected chi connectivity index (χ4v) is 4.53. The number of rotatable bonds is 4. The van der Waals surface area contributed by atoms with Crippen molar-refractivity contribution < 1.29 is 9.18 Å². The summed E-state index contributed by atoms with van der Waals surface area (Å²) in [5.41, 5.74) is 3.33. The first-order chi connectivity index (χ1) is 12.7. The first kappa shape index (κ1) is 17.0. The average molecular weight is 365 g/mol. The molecule has 0 saturated carbocycles. The maximum absolute atomic E-state index is 13.4. The third-order valence-corrected chi connectivity index (χ3v) is 5.94. The molecule has 0 saturated heterocycles. The van der Waals surface area contributed by atoms with Crippen molar-refractivity contribution in [3.05, 3.63) is 93.4 Å². The molecule has 2 nitrogen and oxygen atoms in total. The van der Waals surface area contributed by atoms with Gasteiger partial charge in [0, 0.05) is 17.8 Å². The molecule has 0 aliphatic carbocycles. The van der Waals surface area contributed by atoms with Gasteiger partial charge in [-0.3, -0.25) is 4.79 Å². The van der Waals surface area contributed by atoms with E-state index in [4.69, 9.17) is 0 Å². The Morgan fingerprint density at radius 3 is 2.62 bits per heavy atom. The summed E-state index contributed by atoms with van der Waals surface area (Å²) < 4.78 is 13.4. The largest absolute Gasteiger partial charge is 0.331 e. The Hall–Kier alpha value is -2.46. The lowest BCUT2D eigenvalue weighted by molar-refractivity contribution is -0.133. The molecule has 0 spiro atoms. The average Bonchev–Trinajstić information content (AvgIpc) is 3.16. The highest BCUT2D eigenvalue weighted by atomic mass is 32.1. The minimum atomic E-state index is -0.253. The lowest BCUT2D eigenvalue weighted by Crippen LogP contribution is -2.40. The molecule has 0 radical (unpaired) electrons. The summed E-state index contributed by atoms with van der Waals surface area (Å²) in [7, 11) is 0. The molecule has 1 amide bonds. The molecule has 1 atom stereocenters. The van der Waals surface area contributed by atoms with Gasteiger partial charge in [-0.2, -0.15) is 0 Å². The number of aryl methyl sites for hydroxylation is 1. The van der Waals surface area contributed by atoms with E-state index in [2.05, 4.69) is 23.6 Å². The highest BCUT2D eigenvalue weighted by Gasteiger charge is 2.32. The zero-order valence-corrected chi connectivity index (χ0v) is 15.2. The van der Waals surface area contributed by atoms with Crippen LogP contribution in [0.5, 0.6) is 0 Å². The van der Waals surface area contributed by atoms with Crippen LogP contribution in [0.3, 0.4) is 0 Å². The maximum Gasteiger partial charge on any atom is 0.223 e. The summed E-state index contributed by atoms with van der Waals surface area (Å²) in [5, 5.41) is 2.08. The summed E-state index contributed by atoms with van der Waals surface area (Å²) in [4.78, 5) is 16.3. The van der Waals surface area contributed by atoms with Gasteiger partial charge in [0.05, 0.1) is 6.04 Å². The van der Waals surface area contributed by atoms with Crippen LogP contribution in [0.15, 0.2) is 66.0 Å². The van der Waals surface area contributed by atoms with E-state index in [1.54, 1.807) is 23.5 Å². The lowest BCUT2D eigenvalue weighted by Gasteiger charge is -2.36. The van der Waals surface area contributed by atoms with Gasteiger partial charge in [-0.1, -0.05) is 42.5 Å². The van der Waals surface area contributed by atoms with E-state index >= 15 is 0 Å². The van der Waals surface area contributed by atoms with E-state index in [1.165, 1.54) is 28.1 Å². The van der Waals surface area contributed by atoms with Crippen LogP contribution >= 0.6 is 11.3 Å². The Bertz CT molecular complexity index is 888. The molecule has 0 bridgehead atoms. The van der Waals surface area contributed by atoms with Crippen LogP contribution in [0.4, 0.5) is 4.39 Å². The van der Waals surface area contributed by atoms with E-state index in [0.29, 0.717) is 13.0 Å². The van der Waals surface area contributed by atoms with Gasteiger partial charge in [-0.25, -0.2) is 4.39 Å². The van der Waals surface area contributed by atoms with Crippen molar-refractivity contribution in [2.24, 2.45) is 0 Å². The SMILES string of the molecule is O=C(CCc1ccccc1)N1CCc2sccc2C1c1ccc(F)cc1. The number of halogens is 1. The second kappa shape index (κ2) is 7.42. The van der Waals surface area contributed by atoms with Crippen LogP contribution < -0.4 is 0 Å². The molecular weight excluding hydrogens is 345 g/mol. The first-order valence-electron chi connectivity index (χ1n) is 8.87. The summed E-state index contributed by atoms with van der Waals surface area (Å²) in [6.07, 6.45) is 2.12. The number of benzene rings is 2. The molecule has 1 aromatic heterocycles. The van der Waals surface area contributed by atoms with E-state index < -0.39 is 0 Å². The van der Waals surface area contributed by atoms with Crippen LogP contribution in [0, 0.1) is 5.82 Å². The molecule has 0 fully saturated rings. The Morgan fingerprint density at radius 2 is 1.85 bits per heavy atom. The minimum absolute atomic E-state index is 0.117. The number of thiophene rings is 1. The molecule has 0 N–H and O–H groups in total. The van der Waals surface area contributed by atoms with Crippen LogP contribution in [0.25, 0.3) is 0 Å². The zero-order valence-electron chi connectivity index (χ0n) is 14.4. The Balaban J connectivity index is 1.59. The van der Waals surface area contributed by atoms with Crippen LogP contribution in [-0.4, -0.2) is 17.4 Å². The monoisotopic (exact) mass is 365 g/mol. The van der Waals surface area contributed by atoms with Gasteiger partial charge in [0.15, 0.2) is 0 Å². The van der Waals surface area contributed by atoms with Crippen molar-refractivity contribution in [1.29, 1.82) is 0 Å². The first-order valence-corrected chi connectivity index (χ1v) is 9.75. The highest BCUT2D eigenvalue weighted by Crippen LogP contribution is 2.38. The third kappa shape index (κ3) is 3.42. The summed E-state index contributed by atoms with van der Waals surface area (Å²) in [6, 6.07) is 18.6. The van der Waals surface area contributed by atoms with Crippen molar-refractivity contribution in [2.75, 3.05) is 6.54 Å². The lowest BCUT2D eigenvalue weighted by atomic mass is 9.92. The highest BCUT2D eigenvalue weighted by molar-refractivity contribution is 7.10. The summed E-state index contributed by atoms with van der Waals surface area (Å²) in [5.74, 6) is -0.0999. The minimum Gasteiger partial charge on any atom is -0.331 e. The molecule has 26 heavy (non-hydrogen) atoms. The van der Waals surface area contributed by atoms with Crippen molar-refractivity contribution in [3.63, 3.8) is 0 Å². The molecule has 2 aromatic carbocycles. The molecule has 4 heteroatoms. The predicted octanol–water partition coefficient (Wildman–Crippen LogP) is 4.99. The van der Waals surface area contributed by atoms with Crippen molar-refractivity contribution >= 4 is 17.2 Å². The fraction of sp³-hybridized carbons (Fsp3) is 0.227. The van der Waals surface area contributed by atoms with Gasteiger partial charge in [0.2, 0.25) is 5.91 Å². The van der Waals surface area contributed by atoms with E-state index in [-0.39, 0.29) is 17.8 Å². The van der Waals surface area contributed by atoms with E-state index in [9.17, 15) is 9.18 Å². The molecule has 3 aromatic rings. The van der Waals surface area contributed by atoms with E-state index in [1.807, 2.05) is 23.1 Å². The van der Waals surface area contributed by atoms with Gasteiger partial charge in [-0.15, -0.1) is 11.3 Å². The van der Waals surface area contributed by atoms with Gasteiger partial charge < -0.3 is 4.90 Å². The van der Waals surface area contributed by atoms with Crippen LogP contribution in [0.2, 0.25) is 0 Å². The smallest absolute Gasteiger partial charge is 0.223 e. The van der Waals surface area contributed by atoms with Crippen molar-refractivity contribution in [3.8, 4) is 0 Å². The van der Waals surface area contributed by atoms with Gasteiger partial charge >= 0.3 is 0 Å². The van der Waals surface area contributed by atoms with Crippen molar-refractivity contribution in [1.82, 2.24) is 4.90 Å². The Kier molecular flexibility index (Phi) is 4.85. The molecular formula is C22H20FNOS. The van der Waals surface area contributed by atoms with Crippen LogP contribution in [0.1, 0.15) is 34.0 Å². The van der Waals surface area contributed by atoms with Gasteiger partial charge in [-0.05, 0) is 53.1 Å². The Morgan fingerprint density at radius 1 is 1.08 bits per heavy atom. The molecule has 4 rings (SSSR count).